The maximum atomic E-state index is 12.3. The predicted octanol–water partition coefficient (Wildman–Crippen LogP) is 0.154. The zero-order valence-corrected chi connectivity index (χ0v) is 15.6. The summed E-state index contributed by atoms with van der Waals surface area (Å²) in [5, 5.41) is 16.3. The topological polar surface area (TPSA) is 82.9 Å². The first-order valence-electron chi connectivity index (χ1n) is 9.60. The van der Waals surface area contributed by atoms with Crippen LogP contribution in [0.5, 0.6) is 0 Å². The van der Waals surface area contributed by atoms with Crippen LogP contribution in [-0.4, -0.2) is 89.2 Å². The summed E-state index contributed by atoms with van der Waals surface area (Å²) >= 11 is 0. The number of amides is 1. The second-order valence-electron chi connectivity index (χ2n) is 7.29. The van der Waals surface area contributed by atoms with E-state index in [-0.39, 0.29) is 12.5 Å². The number of aliphatic hydroxyl groups excluding tert-OH is 1. The molecule has 0 radical (unpaired) electrons. The zero-order valence-electron chi connectivity index (χ0n) is 15.6. The van der Waals surface area contributed by atoms with Crippen molar-refractivity contribution in [3.8, 4) is 0 Å². The highest BCUT2D eigenvalue weighted by Gasteiger charge is 2.34. The second-order valence-corrected chi connectivity index (χ2v) is 7.29. The molecule has 0 saturated carbocycles. The monoisotopic (exact) mass is 365 g/mol. The number of ether oxygens (including phenoxy) is 1. The zero-order chi connectivity index (χ0) is 18.4. The van der Waals surface area contributed by atoms with E-state index in [0.29, 0.717) is 24.3 Å². The van der Waals surface area contributed by atoms with Crippen LogP contribution in [-0.2, 0) is 16.6 Å². The molecule has 0 aromatic carbocycles. The highest BCUT2D eigenvalue weighted by molar-refractivity contribution is 5.91. The standard InChI is InChI=1S/C18H31N5O3/c1-21-6-5-17(20-21)19-18(25)14-22-7-4-16(15(13-22)3-2-10-24)23-8-11-26-12-9-23/h5-6,15-16,24H,2-4,7-14H2,1H3,(H,19,20,25)/t15-,16+/m1/s1. The van der Waals surface area contributed by atoms with E-state index in [9.17, 15) is 9.90 Å². The molecule has 2 atom stereocenters. The van der Waals surface area contributed by atoms with Gasteiger partial charge in [0, 0.05) is 58.1 Å². The molecule has 146 valence electrons. The van der Waals surface area contributed by atoms with E-state index >= 15 is 0 Å². The third kappa shape index (κ3) is 5.26. The van der Waals surface area contributed by atoms with Gasteiger partial charge in [-0.1, -0.05) is 0 Å². The van der Waals surface area contributed by atoms with Crippen molar-refractivity contribution in [2.45, 2.75) is 25.3 Å². The van der Waals surface area contributed by atoms with Crippen LogP contribution in [0.4, 0.5) is 5.82 Å². The fraction of sp³-hybridized carbons (Fsp3) is 0.778. The highest BCUT2D eigenvalue weighted by Crippen LogP contribution is 2.26. The average Bonchev–Trinajstić information content (AvgIpc) is 3.05. The molecule has 3 rings (SSSR count). The SMILES string of the molecule is Cn1ccc(NC(=O)CN2CC[C@H](N3CCOCC3)[C@H](CCCO)C2)n1. The number of aryl methyl sites for hydroxylation is 1. The molecule has 26 heavy (non-hydrogen) atoms. The molecule has 8 nitrogen and oxygen atoms in total. The van der Waals surface area contributed by atoms with Gasteiger partial charge in [-0.3, -0.25) is 19.3 Å². The van der Waals surface area contributed by atoms with Crippen LogP contribution >= 0.6 is 0 Å². The van der Waals surface area contributed by atoms with Gasteiger partial charge in [-0.2, -0.15) is 5.10 Å². The Bertz CT molecular complexity index is 573. The summed E-state index contributed by atoms with van der Waals surface area (Å²) in [5.41, 5.74) is 0. The Balaban J connectivity index is 1.53. The fourth-order valence-electron chi connectivity index (χ4n) is 4.13. The van der Waals surface area contributed by atoms with Crippen molar-refractivity contribution in [3.05, 3.63) is 12.3 Å². The summed E-state index contributed by atoms with van der Waals surface area (Å²) in [6.45, 7) is 6.03. The number of hydrogen-bond acceptors (Lipinski definition) is 6. The minimum atomic E-state index is -0.0190. The largest absolute Gasteiger partial charge is 0.396 e. The lowest BCUT2D eigenvalue weighted by atomic mass is 9.87. The van der Waals surface area contributed by atoms with E-state index in [1.165, 1.54) is 0 Å². The Kier molecular flexibility index (Phi) is 7.01. The molecule has 2 N–H and O–H groups in total. The Morgan fingerprint density at radius 1 is 1.38 bits per heavy atom. The first-order chi connectivity index (χ1) is 12.7. The molecule has 2 aliphatic heterocycles. The van der Waals surface area contributed by atoms with Gasteiger partial charge >= 0.3 is 0 Å². The van der Waals surface area contributed by atoms with Gasteiger partial charge in [0.25, 0.3) is 0 Å². The van der Waals surface area contributed by atoms with Gasteiger partial charge in [-0.05, 0) is 25.2 Å². The highest BCUT2D eigenvalue weighted by atomic mass is 16.5. The van der Waals surface area contributed by atoms with Crippen molar-refractivity contribution in [1.82, 2.24) is 19.6 Å². The second kappa shape index (κ2) is 9.45. The van der Waals surface area contributed by atoms with Gasteiger partial charge in [0.05, 0.1) is 19.8 Å². The Morgan fingerprint density at radius 3 is 2.88 bits per heavy atom. The van der Waals surface area contributed by atoms with Gasteiger partial charge < -0.3 is 15.2 Å². The van der Waals surface area contributed by atoms with Crippen LogP contribution < -0.4 is 5.32 Å². The quantitative estimate of drug-likeness (QED) is 0.716. The van der Waals surface area contributed by atoms with Crippen molar-refractivity contribution >= 4 is 11.7 Å². The van der Waals surface area contributed by atoms with Crippen LogP contribution in [0.2, 0.25) is 0 Å². The van der Waals surface area contributed by atoms with Gasteiger partial charge in [0.1, 0.15) is 0 Å². The summed E-state index contributed by atoms with van der Waals surface area (Å²) in [6, 6.07) is 2.33. The van der Waals surface area contributed by atoms with Crippen LogP contribution in [0.15, 0.2) is 12.3 Å². The van der Waals surface area contributed by atoms with Gasteiger partial charge in [0.2, 0.25) is 5.91 Å². The molecule has 8 heteroatoms. The van der Waals surface area contributed by atoms with Gasteiger partial charge in [0.15, 0.2) is 5.82 Å². The van der Waals surface area contributed by atoms with Crippen LogP contribution in [0.1, 0.15) is 19.3 Å². The number of nitrogens with one attached hydrogen (secondary N) is 1. The number of aliphatic hydroxyl groups is 1. The fourth-order valence-corrected chi connectivity index (χ4v) is 4.13. The van der Waals surface area contributed by atoms with Crippen molar-refractivity contribution in [2.75, 3.05) is 57.9 Å². The smallest absolute Gasteiger partial charge is 0.239 e. The van der Waals surface area contributed by atoms with E-state index in [4.69, 9.17) is 4.74 Å². The Morgan fingerprint density at radius 2 is 2.19 bits per heavy atom. The molecule has 1 amide bonds. The summed E-state index contributed by atoms with van der Waals surface area (Å²) in [6.07, 6.45) is 4.69. The predicted molar refractivity (Wildman–Crippen MR) is 98.9 cm³/mol. The van der Waals surface area contributed by atoms with Crippen molar-refractivity contribution in [3.63, 3.8) is 0 Å². The molecule has 0 aliphatic carbocycles. The third-order valence-corrected chi connectivity index (χ3v) is 5.37. The van der Waals surface area contributed by atoms with E-state index in [1.54, 1.807) is 10.7 Å². The molecule has 2 aliphatic rings. The molecular formula is C18H31N5O3. The third-order valence-electron chi connectivity index (χ3n) is 5.37. The van der Waals surface area contributed by atoms with Crippen molar-refractivity contribution in [2.24, 2.45) is 13.0 Å². The average molecular weight is 365 g/mol. The van der Waals surface area contributed by atoms with Gasteiger partial charge in [-0.25, -0.2) is 0 Å². The van der Waals surface area contributed by atoms with E-state index in [1.807, 2.05) is 13.2 Å². The lowest BCUT2D eigenvalue weighted by molar-refractivity contribution is -0.118. The minimum Gasteiger partial charge on any atom is -0.396 e. The molecule has 2 saturated heterocycles. The van der Waals surface area contributed by atoms with Crippen LogP contribution in [0.25, 0.3) is 0 Å². The summed E-state index contributed by atoms with van der Waals surface area (Å²) < 4.78 is 7.16. The molecule has 0 bridgehead atoms. The Hall–Kier alpha value is -1.48. The molecule has 0 unspecified atom stereocenters. The number of likely N-dealkylation sites (tertiary alicyclic amines) is 1. The summed E-state index contributed by atoms with van der Waals surface area (Å²) in [7, 11) is 1.83. The van der Waals surface area contributed by atoms with Gasteiger partial charge in [-0.15, -0.1) is 0 Å². The lowest BCUT2D eigenvalue weighted by Gasteiger charge is -2.45. The molecule has 2 fully saturated rings. The number of morpholine rings is 1. The van der Waals surface area contributed by atoms with Crippen molar-refractivity contribution in [1.29, 1.82) is 0 Å². The number of nitrogens with zero attached hydrogens (tertiary/aromatic N) is 4. The van der Waals surface area contributed by atoms with Crippen LogP contribution in [0, 0.1) is 5.92 Å². The van der Waals surface area contributed by atoms with E-state index < -0.39 is 0 Å². The molecular weight excluding hydrogens is 334 g/mol. The number of carbonyl (C=O) groups is 1. The molecule has 1 aromatic heterocycles. The first-order valence-corrected chi connectivity index (χ1v) is 9.60. The summed E-state index contributed by atoms with van der Waals surface area (Å²) in [5.74, 6) is 1.06. The number of anilines is 1. The number of carbonyl (C=O) groups excluding carboxylic acids is 1. The molecule has 1 aromatic rings. The minimum absolute atomic E-state index is 0.0190. The number of piperidine rings is 1. The van der Waals surface area contributed by atoms with Crippen molar-refractivity contribution < 1.29 is 14.6 Å². The van der Waals surface area contributed by atoms with Crippen LogP contribution in [0.3, 0.4) is 0 Å². The molecule has 0 spiro atoms. The first kappa shape index (κ1) is 19.3. The molecule has 3 heterocycles. The Labute approximate surface area is 155 Å². The number of aromatic nitrogens is 2. The normalized spacial score (nSPS) is 25.3. The maximum absolute atomic E-state index is 12.3. The summed E-state index contributed by atoms with van der Waals surface area (Å²) in [4.78, 5) is 17.1. The van der Waals surface area contributed by atoms with E-state index in [2.05, 4.69) is 20.2 Å². The van der Waals surface area contributed by atoms with E-state index in [0.717, 1.165) is 58.7 Å². The number of rotatable bonds is 7. The number of hydrogen-bond donors (Lipinski definition) is 2. The maximum Gasteiger partial charge on any atom is 0.239 e. The lowest BCUT2D eigenvalue weighted by Crippen LogP contribution is -2.54.